The summed E-state index contributed by atoms with van der Waals surface area (Å²) in [5.41, 5.74) is 2.79. The van der Waals surface area contributed by atoms with Crippen LogP contribution in [0.3, 0.4) is 0 Å². The Hall–Kier alpha value is -1.54. The highest BCUT2D eigenvalue weighted by molar-refractivity contribution is 7.99. The summed E-state index contributed by atoms with van der Waals surface area (Å²) in [5, 5.41) is 15.3. The molecule has 0 unspecified atom stereocenters. The van der Waals surface area contributed by atoms with Crippen LogP contribution in [0.2, 0.25) is 0 Å². The van der Waals surface area contributed by atoms with Gasteiger partial charge in [0, 0.05) is 18.1 Å². The second-order valence-electron chi connectivity index (χ2n) is 8.31. The Morgan fingerprint density at radius 1 is 1.12 bits per heavy atom. The zero-order valence-electron chi connectivity index (χ0n) is 20.4. The van der Waals surface area contributed by atoms with Crippen molar-refractivity contribution in [3.05, 3.63) is 23.3 Å². The van der Waals surface area contributed by atoms with Gasteiger partial charge in [-0.3, -0.25) is 4.79 Å². The van der Waals surface area contributed by atoms with Gasteiger partial charge in [-0.15, -0.1) is 0 Å². The lowest BCUT2D eigenvalue weighted by atomic mass is 10.0. The standard InChI is InChI=1S/C24H42N2O4S2/c1-6-30-22(27)13-15-25-24(31)26-21(23(28)29)17-32-16-14-20(5)12-8-11-19(4)10-7-9-18(2)3/h11,14,18,21H,6-10,12-13,15-17H2,1-5H3,(H,28,29)(H2,25,26,31)/b19-11+,20-14+/t21-/m0/s1. The van der Waals surface area contributed by atoms with E-state index < -0.39 is 12.0 Å². The van der Waals surface area contributed by atoms with Crippen molar-refractivity contribution in [2.75, 3.05) is 24.7 Å². The molecule has 0 aliphatic carbocycles. The van der Waals surface area contributed by atoms with E-state index in [0.717, 1.165) is 24.5 Å². The number of allylic oxidation sites excluding steroid dienone is 3. The quantitative estimate of drug-likeness (QED) is 0.113. The van der Waals surface area contributed by atoms with Crippen molar-refractivity contribution in [2.45, 2.75) is 79.2 Å². The molecule has 0 aromatic carbocycles. The maximum absolute atomic E-state index is 11.5. The van der Waals surface area contributed by atoms with Gasteiger partial charge >= 0.3 is 11.9 Å². The van der Waals surface area contributed by atoms with Gasteiger partial charge in [-0.1, -0.05) is 43.6 Å². The highest BCUT2D eigenvalue weighted by Crippen LogP contribution is 2.14. The fourth-order valence-electron chi connectivity index (χ4n) is 2.82. The van der Waals surface area contributed by atoms with E-state index in [4.69, 9.17) is 17.0 Å². The number of carbonyl (C=O) groups excluding carboxylic acids is 1. The first-order chi connectivity index (χ1) is 15.1. The largest absolute Gasteiger partial charge is 0.480 e. The van der Waals surface area contributed by atoms with Crippen LogP contribution in [0.1, 0.15) is 73.1 Å². The SMILES string of the molecule is CCOC(=O)CCNC(=S)N[C@@H](CSC/C=C(\C)CC/C=C(\C)CCCC(C)C)C(=O)O. The molecule has 0 amide bonds. The van der Waals surface area contributed by atoms with Gasteiger partial charge in [0.05, 0.1) is 13.0 Å². The molecular weight excluding hydrogens is 444 g/mol. The molecule has 0 heterocycles. The Bertz CT molecular complexity index is 633. The first-order valence-corrected chi connectivity index (χ1v) is 13.0. The maximum Gasteiger partial charge on any atom is 0.327 e. The first-order valence-electron chi connectivity index (χ1n) is 11.5. The van der Waals surface area contributed by atoms with Crippen molar-refractivity contribution in [3.8, 4) is 0 Å². The van der Waals surface area contributed by atoms with Gasteiger partial charge in [0.25, 0.3) is 0 Å². The number of ether oxygens (including phenoxy) is 1. The highest BCUT2D eigenvalue weighted by atomic mass is 32.2. The van der Waals surface area contributed by atoms with Gasteiger partial charge in [-0.25, -0.2) is 4.79 Å². The molecule has 32 heavy (non-hydrogen) atoms. The third kappa shape index (κ3) is 18.1. The number of esters is 1. The molecule has 0 aromatic rings. The molecule has 0 spiro atoms. The summed E-state index contributed by atoms with van der Waals surface area (Å²) in [6, 6.07) is -0.785. The van der Waals surface area contributed by atoms with Gasteiger partial charge in [0.1, 0.15) is 6.04 Å². The molecule has 0 aliphatic rings. The van der Waals surface area contributed by atoms with Crippen LogP contribution in [0.5, 0.6) is 0 Å². The average molecular weight is 487 g/mol. The Balaban J connectivity index is 4.17. The summed E-state index contributed by atoms with van der Waals surface area (Å²) in [7, 11) is 0. The summed E-state index contributed by atoms with van der Waals surface area (Å²) in [4.78, 5) is 22.8. The van der Waals surface area contributed by atoms with E-state index in [1.807, 2.05) is 0 Å². The van der Waals surface area contributed by atoms with Crippen molar-refractivity contribution >= 4 is 41.0 Å². The minimum atomic E-state index is -0.953. The van der Waals surface area contributed by atoms with E-state index in [9.17, 15) is 14.7 Å². The lowest BCUT2D eigenvalue weighted by molar-refractivity contribution is -0.143. The monoisotopic (exact) mass is 486 g/mol. The third-order valence-electron chi connectivity index (χ3n) is 4.74. The number of thioether (sulfide) groups is 1. The second kappa shape index (κ2) is 19.0. The molecular formula is C24H42N2O4S2. The number of carboxylic acid groups (broad SMARTS) is 1. The Morgan fingerprint density at radius 2 is 1.81 bits per heavy atom. The highest BCUT2D eigenvalue weighted by Gasteiger charge is 2.18. The lowest BCUT2D eigenvalue weighted by Gasteiger charge is -2.16. The van der Waals surface area contributed by atoms with Crippen molar-refractivity contribution in [3.63, 3.8) is 0 Å². The Labute approximate surface area is 204 Å². The normalized spacial score (nSPS) is 13.1. The van der Waals surface area contributed by atoms with Crippen molar-refractivity contribution in [2.24, 2.45) is 5.92 Å². The summed E-state index contributed by atoms with van der Waals surface area (Å²) in [6.45, 7) is 11.2. The van der Waals surface area contributed by atoms with Crippen LogP contribution < -0.4 is 10.6 Å². The van der Waals surface area contributed by atoms with E-state index in [0.29, 0.717) is 18.9 Å². The molecule has 0 rings (SSSR count). The molecule has 8 heteroatoms. The molecule has 0 saturated heterocycles. The lowest BCUT2D eigenvalue weighted by Crippen LogP contribution is -2.47. The summed E-state index contributed by atoms with van der Waals surface area (Å²) < 4.78 is 4.84. The van der Waals surface area contributed by atoms with Crippen molar-refractivity contribution < 1.29 is 19.4 Å². The van der Waals surface area contributed by atoms with Gasteiger partial charge in [-0.2, -0.15) is 11.8 Å². The minimum absolute atomic E-state index is 0.179. The van der Waals surface area contributed by atoms with E-state index in [1.54, 1.807) is 18.7 Å². The molecule has 0 bridgehead atoms. The average Bonchev–Trinajstić information content (AvgIpc) is 2.70. The zero-order chi connectivity index (χ0) is 24.4. The van der Waals surface area contributed by atoms with Crippen molar-refractivity contribution in [1.82, 2.24) is 10.6 Å². The third-order valence-corrected chi connectivity index (χ3v) is 5.98. The van der Waals surface area contributed by atoms with E-state index >= 15 is 0 Å². The van der Waals surface area contributed by atoms with Gasteiger partial charge < -0.3 is 20.5 Å². The van der Waals surface area contributed by atoms with Gasteiger partial charge in [0.2, 0.25) is 0 Å². The molecule has 184 valence electrons. The number of nitrogens with one attached hydrogen (secondary N) is 2. The van der Waals surface area contributed by atoms with Crippen LogP contribution in [0, 0.1) is 5.92 Å². The van der Waals surface area contributed by atoms with Crippen LogP contribution in [-0.4, -0.2) is 52.9 Å². The molecule has 3 N–H and O–H groups in total. The number of hydrogen-bond acceptors (Lipinski definition) is 5. The van der Waals surface area contributed by atoms with Crippen LogP contribution in [0.15, 0.2) is 23.3 Å². The molecule has 0 aliphatic heterocycles. The van der Waals surface area contributed by atoms with Gasteiger partial charge in [-0.05, 0) is 64.6 Å². The minimum Gasteiger partial charge on any atom is -0.480 e. The van der Waals surface area contributed by atoms with E-state index in [1.165, 1.54) is 30.4 Å². The Kier molecular flexibility index (Phi) is 18.1. The number of rotatable bonds is 17. The van der Waals surface area contributed by atoms with Crippen LogP contribution in [0.4, 0.5) is 0 Å². The molecule has 1 atom stereocenters. The fraction of sp³-hybridized carbons (Fsp3) is 0.708. The zero-order valence-corrected chi connectivity index (χ0v) is 22.0. The smallest absolute Gasteiger partial charge is 0.327 e. The fourth-order valence-corrected chi connectivity index (χ4v) is 4.07. The molecule has 6 nitrogen and oxygen atoms in total. The summed E-state index contributed by atoms with van der Waals surface area (Å²) in [5.74, 6) is 0.660. The molecule has 0 aromatic heterocycles. The van der Waals surface area contributed by atoms with Gasteiger partial charge in [0.15, 0.2) is 5.11 Å². The summed E-state index contributed by atoms with van der Waals surface area (Å²) in [6.07, 6.45) is 10.5. The molecule has 0 saturated carbocycles. The second-order valence-corrected chi connectivity index (χ2v) is 9.79. The van der Waals surface area contributed by atoms with E-state index in [-0.39, 0.29) is 17.5 Å². The topological polar surface area (TPSA) is 87.7 Å². The van der Waals surface area contributed by atoms with E-state index in [2.05, 4.69) is 50.5 Å². The Morgan fingerprint density at radius 3 is 2.44 bits per heavy atom. The number of aliphatic carboxylic acids is 1. The predicted octanol–water partition coefficient (Wildman–Crippen LogP) is 5.09. The maximum atomic E-state index is 11.5. The van der Waals surface area contributed by atoms with Crippen LogP contribution >= 0.6 is 24.0 Å². The summed E-state index contributed by atoms with van der Waals surface area (Å²) >= 11 is 6.68. The number of carbonyl (C=O) groups is 2. The predicted molar refractivity (Wildman–Crippen MR) is 139 cm³/mol. The first kappa shape index (κ1) is 30.5. The van der Waals surface area contributed by atoms with Crippen LogP contribution in [-0.2, 0) is 14.3 Å². The van der Waals surface area contributed by atoms with Crippen LogP contribution in [0.25, 0.3) is 0 Å². The number of thiocarbonyl (C=S) groups is 1. The molecule has 0 fully saturated rings. The van der Waals surface area contributed by atoms with Crippen molar-refractivity contribution in [1.29, 1.82) is 0 Å². The number of carboxylic acids is 1. The molecule has 0 radical (unpaired) electrons. The number of hydrogen-bond donors (Lipinski definition) is 3.